The summed E-state index contributed by atoms with van der Waals surface area (Å²) in [7, 11) is -5.32. The van der Waals surface area contributed by atoms with Crippen molar-refractivity contribution in [1.82, 2.24) is 24.8 Å². The van der Waals surface area contributed by atoms with Gasteiger partial charge in [0.05, 0.1) is 16.9 Å². The molecular formula is C25H25F8N5O6S2. The van der Waals surface area contributed by atoms with Gasteiger partial charge in [-0.1, -0.05) is 0 Å². The van der Waals surface area contributed by atoms with E-state index in [1.54, 1.807) is 0 Å². The standard InChI is InChI=1S/C25H25F8N5O6S2/c1-11(25(31,32)33)37-46(41,42)13-5-4-12(17(15(13)26)44-22(27)28)18-16(21(39)38-8-6-24(29,30)7-9-38)34-20(45-18)19-36-35-14(43-19)10-23(2,3)40/h4-5,11,22,37,40H,6-10H2,1-3H3. The number of nitrogens with zero attached hydrogens (tertiary/aromatic N) is 4. The molecule has 1 aliphatic heterocycles. The van der Waals surface area contributed by atoms with Gasteiger partial charge in [-0.15, -0.1) is 21.5 Å². The van der Waals surface area contributed by atoms with E-state index >= 15 is 4.39 Å². The highest BCUT2D eigenvalue weighted by molar-refractivity contribution is 7.89. The number of carbonyl (C=O) groups excluding carboxylic acids is 1. The molecule has 4 rings (SSSR count). The van der Waals surface area contributed by atoms with E-state index in [4.69, 9.17) is 4.42 Å². The molecule has 0 aliphatic carbocycles. The number of piperidine rings is 1. The second-order valence-corrected chi connectivity index (χ2v) is 13.5. The number of likely N-dealkylation sites (tertiary alicyclic amines) is 1. The van der Waals surface area contributed by atoms with Crippen LogP contribution in [0.2, 0.25) is 0 Å². The Morgan fingerprint density at radius 2 is 1.83 bits per heavy atom. The summed E-state index contributed by atoms with van der Waals surface area (Å²) in [5.74, 6) is -7.95. The van der Waals surface area contributed by atoms with Crippen LogP contribution in [0.15, 0.2) is 21.4 Å². The SMILES string of the molecule is CC(NS(=O)(=O)c1ccc(-c2sc(-c3nnc(CC(C)(C)O)o3)nc2C(=O)N2CCC(F)(F)CC2)c(OC(F)F)c1F)C(F)(F)F. The van der Waals surface area contributed by atoms with Crippen LogP contribution in [0.4, 0.5) is 35.1 Å². The van der Waals surface area contributed by atoms with Gasteiger partial charge in [0, 0.05) is 31.5 Å². The highest BCUT2D eigenvalue weighted by atomic mass is 32.2. The molecule has 1 fully saturated rings. The number of rotatable bonds is 10. The van der Waals surface area contributed by atoms with Gasteiger partial charge in [0.15, 0.2) is 16.6 Å². The molecular weight excluding hydrogens is 682 g/mol. The average molecular weight is 708 g/mol. The number of carbonyl (C=O) groups is 1. The summed E-state index contributed by atoms with van der Waals surface area (Å²) in [5, 5.41) is 17.3. The van der Waals surface area contributed by atoms with Crippen molar-refractivity contribution in [3.8, 4) is 27.1 Å². The van der Waals surface area contributed by atoms with Crippen molar-refractivity contribution in [2.45, 2.75) is 75.3 Å². The largest absolute Gasteiger partial charge is 0.431 e. The summed E-state index contributed by atoms with van der Waals surface area (Å²) in [6.45, 7) is -1.35. The molecule has 0 bridgehead atoms. The van der Waals surface area contributed by atoms with Crippen molar-refractivity contribution in [2.75, 3.05) is 13.1 Å². The lowest BCUT2D eigenvalue weighted by Crippen LogP contribution is -2.43. The van der Waals surface area contributed by atoms with Crippen molar-refractivity contribution in [3.63, 3.8) is 0 Å². The molecule has 254 valence electrons. The van der Waals surface area contributed by atoms with Crippen LogP contribution in [-0.4, -0.2) is 83.0 Å². The van der Waals surface area contributed by atoms with E-state index in [1.807, 2.05) is 0 Å². The maximum absolute atomic E-state index is 15.7. The first kappa shape index (κ1) is 35.4. The molecule has 0 spiro atoms. The molecule has 1 atom stereocenters. The van der Waals surface area contributed by atoms with Crippen LogP contribution < -0.4 is 9.46 Å². The second kappa shape index (κ2) is 12.6. The fourth-order valence-electron chi connectivity index (χ4n) is 4.20. The monoisotopic (exact) mass is 707 g/mol. The van der Waals surface area contributed by atoms with E-state index < -0.39 is 105 Å². The maximum atomic E-state index is 15.7. The van der Waals surface area contributed by atoms with Crippen molar-refractivity contribution < 1.29 is 62.6 Å². The van der Waals surface area contributed by atoms with Gasteiger partial charge in [-0.2, -0.15) is 26.7 Å². The third kappa shape index (κ3) is 8.10. The van der Waals surface area contributed by atoms with E-state index in [2.05, 4.69) is 19.9 Å². The molecule has 46 heavy (non-hydrogen) atoms. The van der Waals surface area contributed by atoms with Crippen molar-refractivity contribution in [2.24, 2.45) is 0 Å². The number of sulfonamides is 1. The quantitative estimate of drug-likeness (QED) is 0.278. The van der Waals surface area contributed by atoms with Gasteiger partial charge in [-0.05, 0) is 32.9 Å². The molecule has 1 aliphatic rings. The molecule has 3 aromatic rings. The van der Waals surface area contributed by atoms with Gasteiger partial charge >= 0.3 is 12.8 Å². The van der Waals surface area contributed by atoms with Gasteiger partial charge in [-0.3, -0.25) is 4.79 Å². The minimum absolute atomic E-state index is 0.0756. The van der Waals surface area contributed by atoms with Crippen LogP contribution in [0.25, 0.3) is 21.3 Å². The molecule has 3 heterocycles. The number of hydrogen-bond acceptors (Lipinski definition) is 10. The Morgan fingerprint density at radius 1 is 1.20 bits per heavy atom. The Morgan fingerprint density at radius 3 is 2.39 bits per heavy atom. The minimum Gasteiger partial charge on any atom is -0.431 e. The number of halogens is 8. The van der Waals surface area contributed by atoms with Crippen LogP contribution in [0, 0.1) is 5.82 Å². The van der Waals surface area contributed by atoms with E-state index in [0.29, 0.717) is 30.4 Å². The van der Waals surface area contributed by atoms with Crippen molar-refractivity contribution in [1.29, 1.82) is 0 Å². The molecule has 1 saturated heterocycles. The first-order valence-corrected chi connectivity index (χ1v) is 15.5. The lowest BCUT2D eigenvalue weighted by atomic mass is 10.1. The lowest BCUT2D eigenvalue weighted by Gasteiger charge is -2.31. The zero-order chi connectivity index (χ0) is 34.4. The Labute approximate surface area is 259 Å². The topological polar surface area (TPSA) is 148 Å². The third-order valence-electron chi connectivity index (χ3n) is 6.47. The highest BCUT2D eigenvalue weighted by Gasteiger charge is 2.41. The molecule has 0 radical (unpaired) electrons. The normalized spacial score (nSPS) is 16.6. The van der Waals surface area contributed by atoms with Gasteiger partial charge < -0.3 is 19.2 Å². The number of aromatic nitrogens is 3. The number of hydrogen-bond donors (Lipinski definition) is 2. The molecule has 2 N–H and O–H groups in total. The van der Waals surface area contributed by atoms with E-state index in [-0.39, 0.29) is 23.2 Å². The van der Waals surface area contributed by atoms with Crippen LogP contribution in [0.1, 0.15) is 50.0 Å². The molecule has 21 heteroatoms. The number of nitrogens with one attached hydrogen (secondary N) is 1. The fourth-order valence-corrected chi connectivity index (χ4v) is 6.50. The zero-order valence-electron chi connectivity index (χ0n) is 24.0. The maximum Gasteiger partial charge on any atom is 0.404 e. The highest BCUT2D eigenvalue weighted by Crippen LogP contribution is 2.44. The zero-order valence-corrected chi connectivity index (χ0v) is 25.6. The molecule has 1 unspecified atom stereocenters. The molecule has 0 saturated carbocycles. The van der Waals surface area contributed by atoms with Crippen LogP contribution in [0.5, 0.6) is 5.75 Å². The first-order valence-electron chi connectivity index (χ1n) is 13.2. The smallest absolute Gasteiger partial charge is 0.404 e. The number of amides is 1. The third-order valence-corrected chi connectivity index (χ3v) is 9.11. The van der Waals surface area contributed by atoms with E-state index in [1.165, 1.54) is 18.6 Å². The Balaban J connectivity index is 1.87. The summed E-state index contributed by atoms with van der Waals surface area (Å²) in [4.78, 5) is 16.7. The number of alkyl halides is 7. The molecule has 1 amide bonds. The Kier molecular flexibility index (Phi) is 9.74. The number of aliphatic hydroxyl groups is 1. The fraction of sp³-hybridized carbons (Fsp3) is 0.520. The summed E-state index contributed by atoms with van der Waals surface area (Å²) in [6, 6.07) is -1.52. The second-order valence-electron chi connectivity index (χ2n) is 10.9. The lowest BCUT2D eigenvalue weighted by molar-refractivity contribution is -0.147. The van der Waals surface area contributed by atoms with Crippen molar-refractivity contribution in [3.05, 3.63) is 29.5 Å². The van der Waals surface area contributed by atoms with E-state index in [9.17, 15) is 49.1 Å². The predicted molar refractivity (Wildman–Crippen MR) is 143 cm³/mol. The molecule has 1 aromatic carbocycles. The Hall–Kier alpha value is -3.43. The minimum atomic E-state index is -5.32. The average Bonchev–Trinajstić information content (AvgIpc) is 3.54. The summed E-state index contributed by atoms with van der Waals surface area (Å²) < 4.78 is 146. The molecule has 2 aromatic heterocycles. The first-order chi connectivity index (χ1) is 21.1. The Bertz CT molecular complexity index is 1700. The summed E-state index contributed by atoms with van der Waals surface area (Å²) >= 11 is 0.496. The van der Waals surface area contributed by atoms with Gasteiger partial charge in [0.1, 0.15) is 16.6 Å². The molecule has 11 nitrogen and oxygen atoms in total. The number of thiazole rings is 1. The van der Waals surface area contributed by atoms with Crippen LogP contribution >= 0.6 is 11.3 Å². The van der Waals surface area contributed by atoms with Gasteiger partial charge in [0.2, 0.25) is 15.9 Å². The van der Waals surface area contributed by atoms with Gasteiger partial charge in [0.25, 0.3) is 17.7 Å². The predicted octanol–water partition coefficient (Wildman–Crippen LogP) is 5.01. The van der Waals surface area contributed by atoms with Crippen molar-refractivity contribution >= 4 is 27.3 Å². The number of benzene rings is 1. The number of ether oxygens (including phenoxy) is 1. The van der Waals surface area contributed by atoms with Crippen LogP contribution in [0.3, 0.4) is 0 Å². The summed E-state index contributed by atoms with van der Waals surface area (Å²) in [5.41, 5.74) is -2.56. The van der Waals surface area contributed by atoms with Gasteiger partial charge in [-0.25, -0.2) is 26.6 Å². The van der Waals surface area contributed by atoms with Crippen LogP contribution in [-0.2, 0) is 16.4 Å². The van der Waals surface area contributed by atoms with E-state index in [0.717, 1.165) is 4.90 Å². The summed E-state index contributed by atoms with van der Waals surface area (Å²) in [6.07, 6.45) is -6.63.